The highest BCUT2D eigenvalue weighted by Gasteiger charge is 2.41. The summed E-state index contributed by atoms with van der Waals surface area (Å²) < 4.78 is 55.3. The van der Waals surface area contributed by atoms with E-state index >= 15 is 0 Å². The van der Waals surface area contributed by atoms with Crippen LogP contribution in [-0.2, 0) is 19.9 Å². The van der Waals surface area contributed by atoms with Gasteiger partial charge in [0.15, 0.2) is 9.84 Å². The minimum absolute atomic E-state index is 0. The number of halogens is 1. The first kappa shape index (κ1) is 21.4. The zero-order chi connectivity index (χ0) is 18.1. The molecule has 0 spiro atoms. The van der Waals surface area contributed by atoms with Crippen molar-refractivity contribution in [2.45, 2.75) is 11.8 Å². The molecular formula is C16H25ClN2O5S2. The Balaban J connectivity index is 0.00000243. The maximum absolute atomic E-state index is 12.7. The normalized spacial score (nSPS) is 23.4. The number of benzene rings is 1. The van der Waals surface area contributed by atoms with Crippen LogP contribution in [0, 0.1) is 11.8 Å². The van der Waals surface area contributed by atoms with Crippen LogP contribution in [0.1, 0.15) is 6.92 Å². The van der Waals surface area contributed by atoms with Crippen LogP contribution in [0.4, 0.5) is 0 Å². The Morgan fingerprint density at radius 1 is 1.08 bits per heavy atom. The number of hydrogen-bond donors (Lipinski definition) is 1. The topological polar surface area (TPSA) is 92.8 Å². The first-order valence-corrected chi connectivity index (χ1v) is 11.7. The fourth-order valence-corrected chi connectivity index (χ4v) is 5.48. The van der Waals surface area contributed by atoms with Crippen molar-refractivity contribution in [3.8, 4) is 5.75 Å². The molecule has 0 unspecified atom stereocenters. The molecule has 1 N–H and O–H groups in total. The average Bonchev–Trinajstić information content (AvgIpc) is 3.17. The van der Waals surface area contributed by atoms with Crippen molar-refractivity contribution in [1.82, 2.24) is 9.62 Å². The number of sulfonamides is 1. The van der Waals surface area contributed by atoms with Gasteiger partial charge in [-0.25, -0.2) is 16.8 Å². The summed E-state index contributed by atoms with van der Waals surface area (Å²) in [5, 5.41) is 3.30. The number of ether oxygens (including phenoxy) is 1. The van der Waals surface area contributed by atoms with Gasteiger partial charge in [-0.3, -0.25) is 0 Å². The van der Waals surface area contributed by atoms with Gasteiger partial charge in [0.1, 0.15) is 12.4 Å². The lowest BCUT2D eigenvalue weighted by Gasteiger charge is -2.17. The van der Waals surface area contributed by atoms with E-state index < -0.39 is 19.9 Å². The van der Waals surface area contributed by atoms with Crippen LogP contribution in [0.25, 0.3) is 0 Å². The van der Waals surface area contributed by atoms with Crippen LogP contribution in [0.2, 0.25) is 0 Å². The van der Waals surface area contributed by atoms with Gasteiger partial charge >= 0.3 is 0 Å². The maximum atomic E-state index is 12.7. The highest BCUT2D eigenvalue weighted by Crippen LogP contribution is 2.31. The highest BCUT2D eigenvalue weighted by molar-refractivity contribution is 7.91. The smallest absolute Gasteiger partial charge is 0.243 e. The lowest BCUT2D eigenvalue weighted by molar-refractivity contribution is 0.340. The number of rotatable bonds is 7. The van der Waals surface area contributed by atoms with Crippen LogP contribution in [-0.4, -0.2) is 65.4 Å². The van der Waals surface area contributed by atoms with E-state index in [1.165, 1.54) is 12.1 Å². The van der Waals surface area contributed by atoms with Crippen molar-refractivity contribution < 1.29 is 21.6 Å². The Labute approximate surface area is 161 Å². The van der Waals surface area contributed by atoms with Crippen molar-refractivity contribution >= 4 is 32.3 Å². The molecule has 2 fully saturated rings. The standard InChI is InChI=1S/C16H24N2O5S2.ClH/c1-2-24(19,20)8-7-23-15-3-5-16(6-4-15)25(21,22)18-11-13-9-17-10-14(13)12-18;/h3-6,13-14,17H,2,7-12H2,1H3;1H/t13-,14+;. The molecule has 2 aliphatic heterocycles. The van der Waals surface area contributed by atoms with Crippen LogP contribution in [0.15, 0.2) is 29.2 Å². The Bertz CT molecular complexity index is 800. The molecule has 1 aromatic carbocycles. The van der Waals surface area contributed by atoms with E-state index in [4.69, 9.17) is 4.74 Å². The molecule has 0 radical (unpaired) electrons. The maximum Gasteiger partial charge on any atom is 0.243 e. The van der Waals surface area contributed by atoms with Crippen molar-refractivity contribution in [3.05, 3.63) is 24.3 Å². The molecule has 2 aliphatic rings. The molecule has 0 saturated carbocycles. The fourth-order valence-electron chi connectivity index (χ4n) is 3.30. The summed E-state index contributed by atoms with van der Waals surface area (Å²) in [6.45, 7) is 4.54. The molecule has 2 atom stereocenters. The molecular weight excluding hydrogens is 400 g/mol. The van der Waals surface area contributed by atoms with E-state index in [2.05, 4.69) is 5.32 Å². The summed E-state index contributed by atoms with van der Waals surface area (Å²) >= 11 is 0. The molecule has 10 heteroatoms. The van der Waals surface area contributed by atoms with E-state index in [1.54, 1.807) is 23.4 Å². The second-order valence-corrected chi connectivity index (χ2v) is 11.0. The van der Waals surface area contributed by atoms with Gasteiger partial charge in [0.25, 0.3) is 0 Å². The number of nitrogens with zero attached hydrogens (tertiary/aromatic N) is 1. The van der Waals surface area contributed by atoms with Crippen molar-refractivity contribution in [2.24, 2.45) is 11.8 Å². The Kier molecular flexibility index (Phi) is 6.95. The van der Waals surface area contributed by atoms with Gasteiger partial charge in [0.05, 0.1) is 10.6 Å². The van der Waals surface area contributed by atoms with Gasteiger partial charge in [0.2, 0.25) is 10.0 Å². The zero-order valence-electron chi connectivity index (χ0n) is 14.6. The first-order chi connectivity index (χ1) is 11.8. The Morgan fingerprint density at radius 2 is 1.65 bits per heavy atom. The molecule has 1 aromatic rings. The predicted molar refractivity (Wildman–Crippen MR) is 102 cm³/mol. The van der Waals surface area contributed by atoms with E-state index in [9.17, 15) is 16.8 Å². The number of fused-ring (bicyclic) bond motifs is 1. The Morgan fingerprint density at radius 3 is 2.19 bits per heavy atom. The quantitative estimate of drug-likeness (QED) is 0.694. The van der Waals surface area contributed by atoms with Gasteiger partial charge in [-0.05, 0) is 49.2 Å². The summed E-state index contributed by atoms with van der Waals surface area (Å²) in [5.74, 6) is 1.30. The molecule has 0 aromatic heterocycles. The van der Waals surface area contributed by atoms with Gasteiger partial charge in [-0.2, -0.15) is 4.31 Å². The molecule has 2 saturated heterocycles. The first-order valence-electron chi connectivity index (χ1n) is 8.46. The molecule has 0 bridgehead atoms. The lowest BCUT2D eigenvalue weighted by Crippen LogP contribution is -2.31. The van der Waals surface area contributed by atoms with E-state index in [0.29, 0.717) is 30.7 Å². The van der Waals surface area contributed by atoms with Crippen LogP contribution < -0.4 is 10.1 Å². The summed E-state index contributed by atoms with van der Waals surface area (Å²) in [6.07, 6.45) is 0. The van der Waals surface area contributed by atoms with Crippen LogP contribution in [0.3, 0.4) is 0 Å². The molecule has 0 amide bonds. The van der Waals surface area contributed by atoms with Crippen molar-refractivity contribution in [1.29, 1.82) is 0 Å². The Hall–Kier alpha value is -0.870. The molecule has 7 nitrogen and oxygen atoms in total. The number of nitrogens with one attached hydrogen (secondary N) is 1. The van der Waals surface area contributed by atoms with Crippen LogP contribution in [0.5, 0.6) is 5.75 Å². The van der Waals surface area contributed by atoms with E-state index in [1.807, 2.05) is 0 Å². The zero-order valence-corrected chi connectivity index (χ0v) is 17.1. The molecule has 3 rings (SSSR count). The molecule has 148 valence electrons. The van der Waals surface area contributed by atoms with Gasteiger partial charge in [-0.15, -0.1) is 12.4 Å². The minimum atomic E-state index is -3.49. The lowest BCUT2D eigenvalue weighted by atomic mass is 10.0. The second kappa shape index (κ2) is 8.43. The van der Waals surface area contributed by atoms with E-state index in [0.717, 1.165) is 13.1 Å². The van der Waals surface area contributed by atoms with Crippen molar-refractivity contribution in [3.63, 3.8) is 0 Å². The summed E-state index contributed by atoms with van der Waals surface area (Å²) in [5.41, 5.74) is 0. The highest BCUT2D eigenvalue weighted by atomic mass is 35.5. The molecule has 0 aliphatic carbocycles. The molecule has 2 heterocycles. The van der Waals surface area contributed by atoms with Gasteiger partial charge in [-0.1, -0.05) is 6.92 Å². The SMILES string of the molecule is CCS(=O)(=O)CCOc1ccc(S(=O)(=O)N2C[C@H]3CNC[C@H]3C2)cc1.Cl. The average molecular weight is 425 g/mol. The monoisotopic (exact) mass is 424 g/mol. The van der Waals surface area contributed by atoms with Gasteiger partial charge < -0.3 is 10.1 Å². The third-order valence-electron chi connectivity index (χ3n) is 4.92. The van der Waals surface area contributed by atoms with E-state index in [-0.39, 0.29) is 35.4 Å². The largest absolute Gasteiger partial charge is 0.493 e. The molecule has 26 heavy (non-hydrogen) atoms. The van der Waals surface area contributed by atoms with Gasteiger partial charge in [0, 0.05) is 18.8 Å². The third-order valence-corrected chi connectivity index (χ3v) is 8.43. The second-order valence-electron chi connectivity index (χ2n) is 6.56. The minimum Gasteiger partial charge on any atom is -0.493 e. The fraction of sp³-hybridized carbons (Fsp3) is 0.625. The summed E-state index contributed by atoms with van der Waals surface area (Å²) in [6, 6.07) is 6.19. The number of sulfone groups is 1. The third kappa shape index (κ3) is 4.69. The summed E-state index contributed by atoms with van der Waals surface area (Å²) in [7, 11) is -6.56. The predicted octanol–water partition coefficient (Wildman–Crippen LogP) is 0.762. The van der Waals surface area contributed by atoms with Crippen LogP contribution >= 0.6 is 12.4 Å². The number of hydrogen-bond acceptors (Lipinski definition) is 6. The van der Waals surface area contributed by atoms with Crippen molar-refractivity contribution in [2.75, 3.05) is 44.3 Å². The summed E-state index contributed by atoms with van der Waals surface area (Å²) in [4.78, 5) is 0.244.